The molecule has 4 nitrogen and oxygen atoms in total. The van der Waals surface area contributed by atoms with E-state index in [1.807, 2.05) is 6.92 Å². The first kappa shape index (κ1) is 11.9. The van der Waals surface area contributed by atoms with Gasteiger partial charge >= 0.3 is 0 Å². The van der Waals surface area contributed by atoms with Crippen molar-refractivity contribution in [3.05, 3.63) is 11.7 Å². The van der Waals surface area contributed by atoms with Gasteiger partial charge in [-0.1, -0.05) is 32.9 Å². The van der Waals surface area contributed by atoms with Crippen LogP contribution in [0.2, 0.25) is 0 Å². The molecule has 0 bridgehead atoms. The van der Waals surface area contributed by atoms with Gasteiger partial charge in [-0.2, -0.15) is 4.98 Å². The quantitative estimate of drug-likeness (QED) is 0.764. The lowest BCUT2D eigenvalue weighted by molar-refractivity contribution is -0.118. The van der Waals surface area contributed by atoms with Gasteiger partial charge in [0, 0.05) is 12.8 Å². The van der Waals surface area contributed by atoms with Crippen molar-refractivity contribution in [1.82, 2.24) is 10.1 Å². The molecule has 0 N–H and O–H groups in total. The maximum atomic E-state index is 11.1. The van der Waals surface area contributed by atoms with Crippen LogP contribution < -0.4 is 0 Å². The predicted molar refractivity (Wildman–Crippen MR) is 56.5 cm³/mol. The first-order valence-corrected chi connectivity index (χ1v) is 5.24. The van der Waals surface area contributed by atoms with E-state index in [2.05, 4.69) is 30.9 Å². The summed E-state index contributed by atoms with van der Waals surface area (Å²) in [6.45, 7) is 8.16. The van der Waals surface area contributed by atoms with Crippen molar-refractivity contribution in [3.8, 4) is 0 Å². The Labute approximate surface area is 90.1 Å². The summed E-state index contributed by atoms with van der Waals surface area (Å²) in [5.41, 5.74) is 0.135. The summed E-state index contributed by atoms with van der Waals surface area (Å²) >= 11 is 0. The highest BCUT2D eigenvalue weighted by atomic mass is 16.5. The third kappa shape index (κ3) is 4.23. The molecule has 0 aromatic carbocycles. The number of hydrogen-bond acceptors (Lipinski definition) is 4. The van der Waals surface area contributed by atoms with Crippen molar-refractivity contribution in [2.45, 2.75) is 47.0 Å². The van der Waals surface area contributed by atoms with Gasteiger partial charge in [-0.05, 0) is 5.41 Å². The second-order valence-corrected chi connectivity index (χ2v) is 4.91. The third-order valence-corrected chi connectivity index (χ3v) is 1.94. The van der Waals surface area contributed by atoms with Crippen molar-refractivity contribution in [2.24, 2.45) is 5.41 Å². The van der Waals surface area contributed by atoms with Gasteiger partial charge in [0.05, 0.1) is 6.42 Å². The van der Waals surface area contributed by atoms with Crippen molar-refractivity contribution in [3.63, 3.8) is 0 Å². The molecule has 0 radical (unpaired) electrons. The molecule has 84 valence electrons. The normalized spacial score (nSPS) is 11.7. The second-order valence-electron chi connectivity index (χ2n) is 4.91. The average Bonchev–Trinajstić information content (AvgIpc) is 2.49. The van der Waals surface area contributed by atoms with Crippen molar-refractivity contribution in [2.75, 3.05) is 0 Å². The summed E-state index contributed by atoms with van der Waals surface area (Å²) in [5.74, 6) is 1.24. The van der Waals surface area contributed by atoms with Crippen molar-refractivity contribution in [1.29, 1.82) is 0 Å². The molecule has 0 aliphatic heterocycles. The first-order chi connectivity index (χ1) is 6.90. The van der Waals surface area contributed by atoms with Gasteiger partial charge in [-0.15, -0.1) is 0 Å². The Balaban J connectivity index is 2.60. The fraction of sp³-hybridized carbons (Fsp3) is 0.727. The van der Waals surface area contributed by atoms with Crippen LogP contribution in [0.4, 0.5) is 0 Å². The zero-order chi connectivity index (χ0) is 11.5. The van der Waals surface area contributed by atoms with E-state index < -0.39 is 0 Å². The minimum atomic E-state index is 0.126. The van der Waals surface area contributed by atoms with Crippen LogP contribution in [0.15, 0.2) is 4.52 Å². The molecule has 0 fully saturated rings. The lowest BCUT2D eigenvalue weighted by atomic mass is 9.92. The molecule has 1 aromatic heterocycles. The number of nitrogens with zero attached hydrogens (tertiary/aromatic N) is 2. The van der Waals surface area contributed by atoms with E-state index in [1.54, 1.807) is 0 Å². The van der Waals surface area contributed by atoms with Gasteiger partial charge in [-0.3, -0.25) is 4.79 Å². The highest BCUT2D eigenvalue weighted by Crippen LogP contribution is 2.18. The van der Waals surface area contributed by atoms with Crippen molar-refractivity contribution >= 4 is 5.78 Å². The number of carbonyl (C=O) groups is 1. The molecule has 1 heterocycles. The van der Waals surface area contributed by atoms with Crippen LogP contribution in [0.1, 0.15) is 45.8 Å². The molecule has 0 aliphatic rings. The van der Waals surface area contributed by atoms with Crippen LogP contribution in [0.3, 0.4) is 0 Å². The first-order valence-electron chi connectivity index (χ1n) is 5.24. The Morgan fingerprint density at radius 2 is 2.07 bits per heavy atom. The Hall–Kier alpha value is -1.19. The highest BCUT2D eigenvalue weighted by molar-refractivity contribution is 5.79. The topological polar surface area (TPSA) is 56.0 Å². The van der Waals surface area contributed by atoms with E-state index in [-0.39, 0.29) is 17.6 Å². The Kier molecular flexibility index (Phi) is 3.61. The lowest BCUT2D eigenvalue weighted by Crippen LogP contribution is -2.10. The number of ketones is 1. The fourth-order valence-electron chi connectivity index (χ4n) is 1.20. The molecule has 4 heteroatoms. The molecule has 0 saturated heterocycles. The van der Waals surface area contributed by atoms with Gasteiger partial charge in [0.1, 0.15) is 5.78 Å². The van der Waals surface area contributed by atoms with Gasteiger partial charge in [0.2, 0.25) is 5.89 Å². The van der Waals surface area contributed by atoms with Crippen LogP contribution in [-0.4, -0.2) is 15.9 Å². The molecule has 1 rings (SSSR count). The molecule has 0 atom stereocenters. The van der Waals surface area contributed by atoms with Crippen LogP contribution in [0, 0.1) is 5.41 Å². The van der Waals surface area contributed by atoms with Gasteiger partial charge < -0.3 is 4.52 Å². The van der Waals surface area contributed by atoms with E-state index in [0.29, 0.717) is 18.1 Å². The molecular weight excluding hydrogens is 192 g/mol. The number of hydrogen-bond donors (Lipinski definition) is 0. The fourth-order valence-corrected chi connectivity index (χ4v) is 1.20. The van der Waals surface area contributed by atoms with E-state index >= 15 is 0 Å². The number of carbonyl (C=O) groups excluding carboxylic acids is 1. The molecule has 0 spiro atoms. The Morgan fingerprint density at radius 1 is 1.40 bits per heavy atom. The standard InChI is InChI=1S/C11H18N2O2/c1-5-8(14)6-10-12-9(13-15-10)7-11(2,3)4/h5-7H2,1-4H3. The van der Waals surface area contributed by atoms with Gasteiger partial charge in [0.15, 0.2) is 5.82 Å². The zero-order valence-corrected chi connectivity index (χ0v) is 9.83. The maximum absolute atomic E-state index is 11.1. The largest absolute Gasteiger partial charge is 0.339 e. The SMILES string of the molecule is CCC(=O)Cc1nc(CC(C)(C)C)no1. The molecule has 0 unspecified atom stereocenters. The van der Waals surface area contributed by atoms with Gasteiger partial charge in [-0.25, -0.2) is 0 Å². The smallest absolute Gasteiger partial charge is 0.234 e. The summed E-state index contributed by atoms with van der Waals surface area (Å²) in [7, 11) is 0. The summed E-state index contributed by atoms with van der Waals surface area (Å²) < 4.78 is 5.00. The summed E-state index contributed by atoms with van der Waals surface area (Å²) in [6, 6.07) is 0. The number of Topliss-reactive ketones (excluding diaryl/α,β-unsaturated/α-hetero) is 1. The molecule has 0 amide bonds. The minimum Gasteiger partial charge on any atom is -0.339 e. The van der Waals surface area contributed by atoms with E-state index in [0.717, 1.165) is 6.42 Å². The summed E-state index contributed by atoms with van der Waals surface area (Å²) in [4.78, 5) is 15.3. The zero-order valence-electron chi connectivity index (χ0n) is 9.83. The van der Waals surface area contributed by atoms with Crippen LogP contribution >= 0.6 is 0 Å². The highest BCUT2D eigenvalue weighted by Gasteiger charge is 2.16. The Bertz CT molecular complexity index is 337. The van der Waals surface area contributed by atoms with E-state index in [4.69, 9.17) is 4.52 Å². The second kappa shape index (κ2) is 4.55. The van der Waals surface area contributed by atoms with E-state index in [9.17, 15) is 4.79 Å². The minimum absolute atomic E-state index is 0.126. The summed E-state index contributed by atoms with van der Waals surface area (Å²) in [6.07, 6.45) is 1.53. The van der Waals surface area contributed by atoms with Gasteiger partial charge in [0.25, 0.3) is 0 Å². The summed E-state index contributed by atoms with van der Waals surface area (Å²) in [5, 5.41) is 3.85. The predicted octanol–water partition coefficient (Wildman–Crippen LogP) is 2.18. The monoisotopic (exact) mass is 210 g/mol. The average molecular weight is 210 g/mol. The van der Waals surface area contributed by atoms with Crippen LogP contribution in [-0.2, 0) is 17.6 Å². The molecule has 0 saturated carbocycles. The third-order valence-electron chi connectivity index (χ3n) is 1.94. The van der Waals surface area contributed by atoms with Crippen molar-refractivity contribution < 1.29 is 9.32 Å². The molecular formula is C11H18N2O2. The van der Waals surface area contributed by atoms with Crippen LogP contribution in [0.5, 0.6) is 0 Å². The van der Waals surface area contributed by atoms with E-state index in [1.165, 1.54) is 0 Å². The molecule has 1 aromatic rings. The number of rotatable bonds is 4. The molecule has 15 heavy (non-hydrogen) atoms. The number of aromatic nitrogens is 2. The van der Waals surface area contributed by atoms with Crippen LogP contribution in [0.25, 0.3) is 0 Å². The Morgan fingerprint density at radius 3 is 2.60 bits per heavy atom. The maximum Gasteiger partial charge on any atom is 0.234 e. The lowest BCUT2D eigenvalue weighted by Gasteiger charge is -2.14. The molecule has 0 aliphatic carbocycles.